The molecule has 4 heteroatoms. The van der Waals surface area contributed by atoms with Crippen LogP contribution in [0.1, 0.15) is 40.0 Å². The number of likely N-dealkylation sites (N-methyl/N-ethyl adjacent to an activating group) is 1. The molecule has 4 nitrogen and oxygen atoms in total. The largest absolute Gasteiger partial charge is 0.347 e. The predicted molar refractivity (Wildman–Crippen MR) is 60.7 cm³/mol. The Morgan fingerprint density at radius 3 is 2.27 bits per heavy atom. The van der Waals surface area contributed by atoms with Crippen LogP contribution in [0.3, 0.4) is 0 Å². The third kappa shape index (κ3) is 4.93. The van der Waals surface area contributed by atoms with Crippen LogP contribution in [-0.2, 0) is 9.59 Å². The summed E-state index contributed by atoms with van der Waals surface area (Å²) in [7, 11) is 1.70. The van der Waals surface area contributed by atoms with Crippen molar-refractivity contribution in [3.05, 3.63) is 0 Å². The lowest BCUT2D eigenvalue weighted by molar-refractivity contribution is -0.139. The first-order valence-corrected chi connectivity index (χ1v) is 5.58. The summed E-state index contributed by atoms with van der Waals surface area (Å²) in [5.41, 5.74) is 0. The highest BCUT2D eigenvalue weighted by molar-refractivity contribution is 6.38. The number of hydrogen-bond acceptors (Lipinski definition) is 3. The van der Waals surface area contributed by atoms with Crippen LogP contribution in [0, 0.1) is 0 Å². The summed E-state index contributed by atoms with van der Waals surface area (Å²) in [5, 5.41) is 5.54. The summed E-state index contributed by atoms with van der Waals surface area (Å²) in [6, 6.07) is -0.292. The van der Waals surface area contributed by atoms with Gasteiger partial charge in [-0.3, -0.25) is 9.59 Å². The molecule has 0 heterocycles. The van der Waals surface area contributed by atoms with Gasteiger partial charge in [-0.05, 0) is 26.8 Å². The van der Waals surface area contributed by atoms with E-state index in [9.17, 15) is 9.59 Å². The lowest BCUT2D eigenvalue weighted by Gasteiger charge is -2.15. The maximum absolute atomic E-state index is 11.6. The standard InChI is InChI=1S/C11H22N2O2/c1-5-7-9(12-4)10(14)11(15)13-8(3)6-2/h8-9,12H,5-7H2,1-4H3,(H,13,15). The van der Waals surface area contributed by atoms with Crippen molar-refractivity contribution in [2.75, 3.05) is 7.05 Å². The van der Waals surface area contributed by atoms with Crippen LogP contribution in [0.2, 0.25) is 0 Å². The second-order valence-electron chi connectivity index (χ2n) is 3.78. The van der Waals surface area contributed by atoms with Crippen LogP contribution < -0.4 is 10.6 Å². The normalized spacial score (nSPS) is 14.4. The summed E-state index contributed by atoms with van der Waals surface area (Å²) in [4.78, 5) is 23.1. The molecule has 0 aromatic carbocycles. The van der Waals surface area contributed by atoms with Gasteiger partial charge in [-0.15, -0.1) is 0 Å². The van der Waals surface area contributed by atoms with E-state index in [2.05, 4.69) is 10.6 Å². The minimum Gasteiger partial charge on any atom is -0.347 e. The Labute approximate surface area is 91.8 Å². The van der Waals surface area contributed by atoms with Gasteiger partial charge in [0.25, 0.3) is 5.91 Å². The Hall–Kier alpha value is -0.900. The third-order valence-corrected chi connectivity index (χ3v) is 2.46. The van der Waals surface area contributed by atoms with E-state index < -0.39 is 5.91 Å². The Kier molecular flexibility index (Phi) is 6.96. The molecule has 1 amide bonds. The molecular weight excluding hydrogens is 192 g/mol. The molecule has 2 atom stereocenters. The van der Waals surface area contributed by atoms with E-state index in [0.717, 1.165) is 12.8 Å². The maximum Gasteiger partial charge on any atom is 0.289 e. The van der Waals surface area contributed by atoms with Crippen molar-refractivity contribution < 1.29 is 9.59 Å². The zero-order valence-corrected chi connectivity index (χ0v) is 10.1. The first-order chi connectivity index (χ1) is 7.06. The Bertz CT molecular complexity index is 217. The van der Waals surface area contributed by atoms with Gasteiger partial charge in [0.1, 0.15) is 0 Å². The molecule has 0 radical (unpaired) electrons. The van der Waals surface area contributed by atoms with Crippen molar-refractivity contribution in [1.82, 2.24) is 10.6 Å². The number of Topliss-reactive ketones (excluding diaryl/α,β-unsaturated/α-hetero) is 1. The lowest BCUT2D eigenvalue weighted by atomic mass is 10.1. The number of rotatable bonds is 7. The molecule has 0 aromatic rings. The van der Waals surface area contributed by atoms with Gasteiger partial charge < -0.3 is 10.6 Å². The van der Waals surface area contributed by atoms with Gasteiger partial charge in [-0.1, -0.05) is 20.3 Å². The van der Waals surface area contributed by atoms with Crippen molar-refractivity contribution >= 4 is 11.7 Å². The zero-order chi connectivity index (χ0) is 11.8. The predicted octanol–water partition coefficient (Wildman–Crippen LogP) is 0.858. The van der Waals surface area contributed by atoms with Gasteiger partial charge in [0.2, 0.25) is 5.78 Å². The topological polar surface area (TPSA) is 58.2 Å². The number of hydrogen-bond donors (Lipinski definition) is 2. The average molecular weight is 214 g/mol. The molecule has 0 aliphatic rings. The quantitative estimate of drug-likeness (QED) is 0.618. The van der Waals surface area contributed by atoms with Crippen LogP contribution in [0.5, 0.6) is 0 Å². The van der Waals surface area contributed by atoms with E-state index in [1.54, 1.807) is 7.05 Å². The van der Waals surface area contributed by atoms with Gasteiger partial charge in [0.05, 0.1) is 6.04 Å². The highest BCUT2D eigenvalue weighted by Gasteiger charge is 2.23. The Balaban J connectivity index is 4.22. The molecule has 2 unspecified atom stereocenters. The van der Waals surface area contributed by atoms with Crippen LogP contribution in [0.25, 0.3) is 0 Å². The summed E-state index contributed by atoms with van der Waals surface area (Å²) < 4.78 is 0. The smallest absolute Gasteiger partial charge is 0.289 e. The van der Waals surface area contributed by atoms with E-state index in [-0.39, 0.29) is 17.9 Å². The van der Waals surface area contributed by atoms with Crippen molar-refractivity contribution in [2.45, 2.75) is 52.1 Å². The first-order valence-electron chi connectivity index (χ1n) is 5.58. The van der Waals surface area contributed by atoms with E-state index in [1.807, 2.05) is 20.8 Å². The Morgan fingerprint density at radius 2 is 1.87 bits per heavy atom. The average Bonchev–Trinajstić information content (AvgIpc) is 2.24. The lowest BCUT2D eigenvalue weighted by Crippen LogP contribution is -2.46. The highest BCUT2D eigenvalue weighted by Crippen LogP contribution is 1.98. The van der Waals surface area contributed by atoms with Gasteiger partial charge in [-0.25, -0.2) is 0 Å². The first kappa shape index (κ1) is 14.1. The Morgan fingerprint density at radius 1 is 1.27 bits per heavy atom. The molecule has 0 saturated carbocycles. The number of nitrogens with one attached hydrogen (secondary N) is 2. The molecule has 0 aliphatic heterocycles. The fourth-order valence-electron chi connectivity index (χ4n) is 1.25. The van der Waals surface area contributed by atoms with Crippen molar-refractivity contribution in [2.24, 2.45) is 0 Å². The van der Waals surface area contributed by atoms with Crippen LogP contribution in [0.4, 0.5) is 0 Å². The van der Waals surface area contributed by atoms with Crippen molar-refractivity contribution in [1.29, 1.82) is 0 Å². The molecular formula is C11H22N2O2. The molecule has 0 saturated heterocycles. The van der Waals surface area contributed by atoms with Gasteiger partial charge >= 0.3 is 0 Å². The third-order valence-electron chi connectivity index (χ3n) is 2.46. The van der Waals surface area contributed by atoms with Gasteiger partial charge in [-0.2, -0.15) is 0 Å². The highest BCUT2D eigenvalue weighted by atomic mass is 16.2. The molecule has 0 aliphatic carbocycles. The van der Waals surface area contributed by atoms with Crippen LogP contribution in [-0.4, -0.2) is 30.8 Å². The fraction of sp³-hybridized carbons (Fsp3) is 0.818. The summed E-state index contributed by atoms with van der Waals surface area (Å²) in [6.45, 7) is 5.85. The summed E-state index contributed by atoms with van der Waals surface area (Å²) in [5.74, 6) is -0.836. The molecule has 2 N–H and O–H groups in total. The molecule has 15 heavy (non-hydrogen) atoms. The van der Waals surface area contributed by atoms with E-state index in [4.69, 9.17) is 0 Å². The molecule has 0 fully saturated rings. The minimum absolute atomic E-state index is 0.0561. The van der Waals surface area contributed by atoms with E-state index in [1.165, 1.54) is 0 Å². The minimum atomic E-state index is -0.475. The van der Waals surface area contributed by atoms with Crippen molar-refractivity contribution in [3.8, 4) is 0 Å². The van der Waals surface area contributed by atoms with E-state index in [0.29, 0.717) is 6.42 Å². The number of amides is 1. The van der Waals surface area contributed by atoms with Crippen molar-refractivity contribution in [3.63, 3.8) is 0 Å². The number of carbonyl (C=O) groups excluding carboxylic acids is 2. The second-order valence-corrected chi connectivity index (χ2v) is 3.78. The molecule has 0 spiro atoms. The van der Waals surface area contributed by atoms with Crippen LogP contribution in [0.15, 0.2) is 0 Å². The maximum atomic E-state index is 11.6. The number of carbonyl (C=O) groups is 2. The summed E-state index contributed by atoms with van der Waals surface area (Å²) in [6.07, 6.45) is 2.41. The molecule has 0 bridgehead atoms. The monoisotopic (exact) mass is 214 g/mol. The van der Waals surface area contributed by atoms with Gasteiger partial charge in [0, 0.05) is 6.04 Å². The molecule has 0 rings (SSSR count). The van der Waals surface area contributed by atoms with Crippen LogP contribution >= 0.6 is 0 Å². The molecule has 0 aromatic heterocycles. The second kappa shape index (κ2) is 7.40. The van der Waals surface area contributed by atoms with E-state index >= 15 is 0 Å². The number of ketones is 1. The fourth-order valence-corrected chi connectivity index (χ4v) is 1.25. The SMILES string of the molecule is CCCC(NC)C(=O)C(=O)NC(C)CC. The zero-order valence-electron chi connectivity index (χ0n) is 10.1. The van der Waals surface area contributed by atoms with Gasteiger partial charge in [0.15, 0.2) is 0 Å². The summed E-state index contributed by atoms with van der Waals surface area (Å²) >= 11 is 0. The molecule has 88 valence electrons.